The first-order chi connectivity index (χ1) is 36.3. The van der Waals surface area contributed by atoms with Crippen LogP contribution in [0.25, 0.3) is 0 Å². The van der Waals surface area contributed by atoms with Crippen LogP contribution >= 0.6 is 0 Å². The Bertz CT molecular complexity index is 2390. The number of esters is 1. The van der Waals surface area contributed by atoms with Gasteiger partial charge < -0.3 is 51.8 Å². The van der Waals surface area contributed by atoms with Crippen molar-refractivity contribution in [3.63, 3.8) is 0 Å². The van der Waals surface area contributed by atoms with Crippen molar-refractivity contribution in [3.05, 3.63) is 168 Å². The van der Waals surface area contributed by atoms with E-state index in [9.17, 15) is 4.79 Å². The molecule has 0 aromatic heterocycles. The molecule has 5 aromatic carbocycles. The fraction of sp³-hybridized carbons (Fsp3) is 0.500. The molecule has 0 saturated carbocycles. The molecule has 0 radical (unpaired) electrons. The Morgan fingerprint density at radius 1 is 0.520 bits per heavy atom. The highest BCUT2D eigenvalue weighted by Crippen LogP contribution is 2.42. The van der Waals surface area contributed by atoms with E-state index in [1.54, 1.807) is 0 Å². The number of fused-ring (bicyclic) bond motifs is 1. The van der Waals surface area contributed by atoms with Gasteiger partial charge >= 0.3 is 5.97 Å². The summed E-state index contributed by atoms with van der Waals surface area (Å²) in [6.45, 7) is 15.4. The average Bonchev–Trinajstić information content (AvgIpc) is 3.76. The molecular weight excluding hydrogens is 965 g/mol. The summed E-state index contributed by atoms with van der Waals surface area (Å²) in [6, 6.07) is 51.1. The van der Waals surface area contributed by atoms with E-state index in [1.165, 1.54) is 26.2 Å². The Hall–Kier alpha value is -4.61. The molecule has 10 atom stereocenters. The number of rotatable bonds is 26. The lowest BCUT2D eigenvalue weighted by atomic mass is 9.97. The summed E-state index contributed by atoms with van der Waals surface area (Å²) in [4.78, 5) is 13.1. The Labute approximate surface area is 446 Å². The number of hydrogen-bond donors (Lipinski definition) is 0. The molecule has 3 aliphatic rings. The standard InChI is InChI=1S/C62H80O12Si/c1-8-9-10-11-12-28-39-64-59-57(67-42-48-33-22-15-23-34-48)55(66-41-47-31-20-14-21-32-47)53(65-40-46-29-18-13-19-30-46)51(71-59)43-68-60-58(70-45(2)63)56-54(73-62(6,7)74-56)52(72-60)44-69-75(61(3,4)5,49-35-24-16-25-36-49)50-37-26-17-27-38-50/h13-27,29-38,51-60H,8-12,28,39-44H2,1-7H3/t51-,52-,53-,54+,55+,56+,57+,58+,59+,60+/m1/s1. The van der Waals surface area contributed by atoms with Gasteiger partial charge in [0.25, 0.3) is 8.32 Å². The summed E-state index contributed by atoms with van der Waals surface area (Å²) in [5.41, 5.74) is 2.97. The first-order valence-electron chi connectivity index (χ1n) is 27.1. The molecule has 5 aromatic rings. The van der Waals surface area contributed by atoms with Crippen LogP contribution in [0.4, 0.5) is 0 Å². The normalized spacial score (nSPS) is 25.6. The minimum absolute atomic E-state index is 0.0701. The van der Waals surface area contributed by atoms with Crippen molar-refractivity contribution in [2.45, 2.75) is 179 Å². The third-order valence-corrected chi connectivity index (χ3v) is 19.3. The Morgan fingerprint density at radius 3 is 1.49 bits per heavy atom. The number of benzene rings is 5. The van der Waals surface area contributed by atoms with Gasteiger partial charge in [-0.2, -0.15) is 0 Å². The van der Waals surface area contributed by atoms with Gasteiger partial charge in [-0.1, -0.05) is 211 Å². The topological polar surface area (TPSA) is 119 Å². The van der Waals surface area contributed by atoms with E-state index >= 15 is 0 Å². The molecule has 0 spiro atoms. The second-order valence-electron chi connectivity index (χ2n) is 21.5. The van der Waals surface area contributed by atoms with Crippen LogP contribution < -0.4 is 10.4 Å². The lowest BCUT2D eigenvalue weighted by Gasteiger charge is -2.47. The summed E-state index contributed by atoms with van der Waals surface area (Å²) in [5, 5.41) is 1.95. The molecule has 13 heteroatoms. The fourth-order valence-corrected chi connectivity index (χ4v) is 15.2. The van der Waals surface area contributed by atoms with Gasteiger partial charge in [0.15, 0.2) is 24.5 Å². The van der Waals surface area contributed by atoms with Gasteiger partial charge in [-0.05, 0) is 52.4 Å². The molecule has 12 nitrogen and oxygen atoms in total. The third-order valence-electron chi connectivity index (χ3n) is 14.3. The largest absolute Gasteiger partial charge is 0.454 e. The van der Waals surface area contributed by atoms with E-state index in [-0.39, 0.29) is 31.5 Å². The van der Waals surface area contributed by atoms with Crippen molar-refractivity contribution in [1.29, 1.82) is 0 Å². The maximum absolute atomic E-state index is 13.1. The van der Waals surface area contributed by atoms with E-state index in [1.807, 2.05) is 117 Å². The molecule has 404 valence electrons. The van der Waals surface area contributed by atoms with E-state index < -0.39 is 81.5 Å². The van der Waals surface area contributed by atoms with Crippen molar-refractivity contribution < 1.29 is 56.6 Å². The van der Waals surface area contributed by atoms with E-state index in [4.69, 9.17) is 51.8 Å². The first kappa shape index (κ1) is 56.6. The molecule has 8 rings (SSSR count). The highest BCUT2D eigenvalue weighted by molar-refractivity contribution is 6.99. The quantitative estimate of drug-likeness (QED) is 0.0298. The predicted molar refractivity (Wildman–Crippen MR) is 291 cm³/mol. The first-order valence-corrected chi connectivity index (χ1v) is 29.0. The molecule has 3 heterocycles. The van der Waals surface area contributed by atoms with Crippen LogP contribution in [0.5, 0.6) is 0 Å². The molecule has 3 saturated heterocycles. The molecule has 3 fully saturated rings. The maximum atomic E-state index is 13.1. The average molecular weight is 1050 g/mol. The molecule has 0 unspecified atom stereocenters. The number of hydrogen-bond acceptors (Lipinski definition) is 12. The summed E-state index contributed by atoms with van der Waals surface area (Å²) in [7, 11) is -3.05. The minimum Gasteiger partial charge on any atom is -0.454 e. The van der Waals surface area contributed by atoms with Crippen LogP contribution in [0.1, 0.15) is 104 Å². The van der Waals surface area contributed by atoms with Crippen molar-refractivity contribution in [2.24, 2.45) is 0 Å². The molecule has 0 bridgehead atoms. The Balaban J connectivity index is 1.13. The molecular formula is C62H80O12Si. The smallest absolute Gasteiger partial charge is 0.303 e. The van der Waals surface area contributed by atoms with Crippen LogP contribution in [-0.2, 0) is 76.4 Å². The van der Waals surface area contributed by atoms with Gasteiger partial charge in [0.1, 0.15) is 42.7 Å². The van der Waals surface area contributed by atoms with Gasteiger partial charge in [-0.25, -0.2) is 0 Å². The van der Waals surface area contributed by atoms with Crippen LogP contribution in [0.3, 0.4) is 0 Å². The monoisotopic (exact) mass is 1040 g/mol. The highest BCUT2D eigenvalue weighted by Gasteiger charge is 2.59. The van der Waals surface area contributed by atoms with E-state index in [0.717, 1.165) is 46.3 Å². The van der Waals surface area contributed by atoms with E-state index in [2.05, 4.69) is 76.2 Å². The van der Waals surface area contributed by atoms with Gasteiger partial charge in [0, 0.05) is 13.5 Å². The highest BCUT2D eigenvalue weighted by atomic mass is 28.4. The minimum atomic E-state index is -3.05. The van der Waals surface area contributed by atoms with Crippen LogP contribution in [0.2, 0.25) is 5.04 Å². The van der Waals surface area contributed by atoms with Gasteiger partial charge in [-0.15, -0.1) is 0 Å². The van der Waals surface area contributed by atoms with Gasteiger partial charge in [-0.3, -0.25) is 4.79 Å². The van der Waals surface area contributed by atoms with Crippen molar-refractivity contribution in [1.82, 2.24) is 0 Å². The number of ether oxygens (including phenoxy) is 10. The maximum Gasteiger partial charge on any atom is 0.303 e. The van der Waals surface area contributed by atoms with Crippen molar-refractivity contribution >= 4 is 24.7 Å². The zero-order valence-corrected chi connectivity index (χ0v) is 46.1. The third kappa shape index (κ3) is 14.9. The zero-order valence-electron chi connectivity index (χ0n) is 45.1. The van der Waals surface area contributed by atoms with Gasteiger partial charge in [0.05, 0.1) is 33.0 Å². The van der Waals surface area contributed by atoms with Crippen molar-refractivity contribution in [2.75, 3.05) is 19.8 Å². The fourth-order valence-electron chi connectivity index (χ4n) is 10.7. The van der Waals surface area contributed by atoms with E-state index in [0.29, 0.717) is 13.2 Å². The molecule has 3 aliphatic heterocycles. The predicted octanol–water partition coefficient (Wildman–Crippen LogP) is 10.6. The van der Waals surface area contributed by atoms with Crippen LogP contribution in [0.15, 0.2) is 152 Å². The number of unbranched alkanes of at least 4 members (excludes halogenated alkanes) is 5. The number of carbonyl (C=O) groups is 1. The summed E-state index contributed by atoms with van der Waals surface area (Å²) < 4.78 is 75.6. The Morgan fingerprint density at radius 2 is 0.973 bits per heavy atom. The molecule has 0 N–H and O–H groups in total. The second-order valence-corrected chi connectivity index (χ2v) is 25.8. The SMILES string of the molecule is CCCCCCCCO[C@H]1O[C@H](CO[C@H]2O[C@H](CO[Si](c3ccccc3)(c3ccccc3)C(C)(C)C)[C@@H]3OC(C)(C)O[C@@H]3[C@@H]2OC(C)=O)[C@@H](OCc2ccccc2)[C@H](OCc2ccccc2)[C@@H]1OCc1ccccc1. The lowest BCUT2D eigenvalue weighted by molar-refractivity contribution is -0.341. The summed E-state index contributed by atoms with van der Waals surface area (Å²) >= 11 is 0. The van der Waals surface area contributed by atoms with Crippen LogP contribution in [0, 0.1) is 0 Å². The molecule has 75 heavy (non-hydrogen) atoms. The summed E-state index contributed by atoms with van der Waals surface area (Å²) in [6.07, 6.45) is -1.50. The molecule has 0 aliphatic carbocycles. The lowest BCUT2D eigenvalue weighted by Crippen LogP contribution is -2.68. The van der Waals surface area contributed by atoms with Crippen molar-refractivity contribution in [3.8, 4) is 0 Å². The Kier molecular flexibility index (Phi) is 20.5. The molecule has 0 amide bonds. The van der Waals surface area contributed by atoms with Gasteiger partial charge in [0.2, 0.25) is 0 Å². The van der Waals surface area contributed by atoms with Crippen LogP contribution in [-0.4, -0.2) is 101 Å². The number of carbonyl (C=O) groups excluding carboxylic acids is 1. The zero-order chi connectivity index (χ0) is 52.7. The second kappa shape index (κ2) is 27.1. The summed E-state index contributed by atoms with van der Waals surface area (Å²) in [5.74, 6) is -1.55.